The van der Waals surface area contributed by atoms with Gasteiger partial charge in [-0.2, -0.15) is 0 Å². The summed E-state index contributed by atoms with van der Waals surface area (Å²) < 4.78 is 35.8. The summed E-state index contributed by atoms with van der Waals surface area (Å²) in [6.45, 7) is 3.80. The van der Waals surface area contributed by atoms with Crippen LogP contribution in [0.5, 0.6) is 5.75 Å². The third-order valence-corrected chi connectivity index (χ3v) is 8.48. The zero-order valence-electron chi connectivity index (χ0n) is 18.7. The SMILES string of the molecule is Cc1ccc2sc(S(=O)(=O)Nc3cccc(CNCCOc4cccc5[nH]ccc45)c3)cc2c1. The lowest BCUT2D eigenvalue weighted by Gasteiger charge is -2.10. The molecule has 5 aromatic rings. The Balaban J connectivity index is 1.17. The smallest absolute Gasteiger partial charge is 0.271 e. The molecule has 0 radical (unpaired) electrons. The molecular formula is C26H25N3O3S2. The fourth-order valence-electron chi connectivity index (χ4n) is 3.87. The predicted molar refractivity (Wildman–Crippen MR) is 139 cm³/mol. The average molecular weight is 492 g/mol. The highest BCUT2D eigenvalue weighted by atomic mass is 32.2. The molecule has 174 valence electrons. The third kappa shape index (κ3) is 4.94. The molecule has 0 aliphatic rings. The normalized spacial score (nSPS) is 11.8. The van der Waals surface area contributed by atoms with Gasteiger partial charge in [-0.25, -0.2) is 8.42 Å². The lowest BCUT2D eigenvalue weighted by molar-refractivity contribution is 0.317. The highest BCUT2D eigenvalue weighted by Crippen LogP contribution is 2.31. The zero-order chi connectivity index (χ0) is 23.5. The zero-order valence-corrected chi connectivity index (χ0v) is 20.3. The molecule has 0 aliphatic carbocycles. The number of aryl methyl sites for hydroxylation is 1. The Hall–Kier alpha value is -3.33. The molecule has 0 bridgehead atoms. The van der Waals surface area contributed by atoms with Crippen molar-refractivity contribution >= 4 is 48.0 Å². The first-order valence-electron chi connectivity index (χ1n) is 11.0. The molecule has 0 atom stereocenters. The van der Waals surface area contributed by atoms with E-state index in [4.69, 9.17) is 4.74 Å². The van der Waals surface area contributed by atoms with Crippen molar-refractivity contribution in [2.45, 2.75) is 17.7 Å². The number of ether oxygens (including phenoxy) is 1. The molecular weight excluding hydrogens is 466 g/mol. The van der Waals surface area contributed by atoms with Gasteiger partial charge in [0.25, 0.3) is 10.0 Å². The van der Waals surface area contributed by atoms with Crippen molar-refractivity contribution in [3.05, 3.63) is 90.1 Å². The van der Waals surface area contributed by atoms with E-state index in [-0.39, 0.29) is 0 Å². The second-order valence-electron chi connectivity index (χ2n) is 8.13. The Morgan fingerprint density at radius 3 is 2.79 bits per heavy atom. The molecule has 2 aromatic heterocycles. The summed E-state index contributed by atoms with van der Waals surface area (Å²) in [6.07, 6.45) is 1.90. The van der Waals surface area contributed by atoms with Crippen LogP contribution in [0, 0.1) is 6.92 Å². The standard InChI is InChI=1S/C26H25N3O3S2/c1-18-8-9-25-20(14-18)16-26(33-25)34(30,31)29-21-5-2-4-19(15-21)17-27-12-13-32-24-7-3-6-23-22(24)10-11-28-23/h2-11,14-16,27-29H,12-13,17H2,1H3. The van der Waals surface area contributed by atoms with Gasteiger partial charge in [0.2, 0.25) is 0 Å². The Labute approximate surface area is 202 Å². The van der Waals surface area contributed by atoms with Crippen LogP contribution in [0.4, 0.5) is 5.69 Å². The van der Waals surface area contributed by atoms with Gasteiger partial charge in [-0.05, 0) is 60.3 Å². The van der Waals surface area contributed by atoms with Crippen molar-refractivity contribution in [1.29, 1.82) is 0 Å². The largest absolute Gasteiger partial charge is 0.492 e. The van der Waals surface area contributed by atoms with Gasteiger partial charge in [0.15, 0.2) is 0 Å². The fraction of sp³-hybridized carbons (Fsp3) is 0.154. The minimum Gasteiger partial charge on any atom is -0.492 e. The van der Waals surface area contributed by atoms with Crippen molar-refractivity contribution in [2.24, 2.45) is 0 Å². The summed E-state index contributed by atoms with van der Waals surface area (Å²) in [5, 5.41) is 5.36. The third-order valence-electron chi connectivity index (χ3n) is 5.51. The molecule has 34 heavy (non-hydrogen) atoms. The summed E-state index contributed by atoms with van der Waals surface area (Å²) in [5.41, 5.74) is 3.69. The van der Waals surface area contributed by atoms with Gasteiger partial charge in [-0.1, -0.05) is 35.9 Å². The summed E-state index contributed by atoms with van der Waals surface area (Å²) in [6, 6.07) is 23.1. The minimum atomic E-state index is -3.65. The molecule has 5 rings (SSSR count). The topological polar surface area (TPSA) is 83.2 Å². The first kappa shape index (κ1) is 22.5. The second-order valence-corrected chi connectivity index (χ2v) is 11.1. The molecule has 6 nitrogen and oxygen atoms in total. The van der Waals surface area contributed by atoms with E-state index in [2.05, 4.69) is 15.0 Å². The Morgan fingerprint density at radius 2 is 1.88 bits per heavy atom. The number of hydrogen-bond acceptors (Lipinski definition) is 5. The van der Waals surface area contributed by atoms with E-state index >= 15 is 0 Å². The number of benzene rings is 3. The van der Waals surface area contributed by atoms with E-state index in [0.717, 1.165) is 37.9 Å². The van der Waals surface area contributed by atoms with Crippen LogP contribution in [-0.4, -0.2) is 26.6 Å². The van der Waals surface area contributed by atoms with Gasteiger partial charge in [0, 0.05) is 40.6 Å². The van der Waals surface area contributed by atoms with E-state index in [9.17, 15) is 8.42 Å². The predicted octanol–water partition coefficient (Wildman–Crippen LogP) is 5.66. The first-order chi connectivity index (χ1) is 16.5. The highest BCUT2D eigenvalue weighted by Gasteiger charge is 2.18. The van der Waals surface area contributed by atoms with Crippen LogP contribution in [0.25, 0.3) is 21.0 Å². The molecule has 2 heterocycles. The number of anilines is 1. The molecule has 0 saturated heterocycles. The van der Waals surface area contributed by atoms with Gasteiger partial charge >= 0.3 is 0 Å². The van der Waals surface area contributed by atoms with Crippen LogP contribution in [0.2, 0.25) is 0 Å². The number of fused-ring (bicyclic) bond motifs is 2. The lowest BCUT2D eigenvalue weighted by atomic mass is 10.2. The van der Waals surface area contributed by atoms with E-state index in [1.54, 1.807) is 12.1 Å². The second kappa shape index (κ2) is 9.50. The van der Waals surface area contributed by atoms with Crippen molar-refractivity contribution in [3.63, 3.8) is 0 Å². The molecule has 8 heteroatoms. The number of rotatable bonds is 9. The average Bonchev–Trinajstić information content (AvgIpc) is 3.46. The summed E-state index contributed by atoms with van der Waals surface area (Å²) in [7, 11) is -3.65. The van der Waals surface area contributed by atoms with Crippen LogP contribution in [0.1, 0.15) is 11.1 Å². The Bertz CT molecular complexity index is 1550. The maximum absolute atomic E-state index is 12.9. The van der Waals surface area contributed by atoms with Gasteiger partial charge in [-0.15, -0.1) is 11.3 Å². The summed E-state index contributed by atoms with van der Waals surface area (Å²) in [4.78, 5) is 3.18. The highest BCUT2D eigenvalue weighted by molar-refractivity contribution is 7.94. The Morgan fingerprint density at radius 1 is 1.00 bits per heavy atom. The Kier molecular flexibility index (Phi) is 6.28. The van der Waals surface area contributed by atoms with E-state index in [1.807, 2.05) is 73.8 Å². The van der Waals surface area contributed by atoms with Gasteiger partial charge in [0.05, 0.1) is 0 Å². The summed E-state index contributed by atoms with van der Waals surface area (Å²) in [5.74, 6) is 0.855. The molecule has 0 fully saturated rings. The first-order valence-corrected chi connectivity index (χ1v) is 13.3. The maximum atomic E-state index is 12.9. The number of thiophene rings is 1. The fourth-order valence-corrected chi connectivity index (χ4v) is 6.30. The van der Waals surface area contributed by atoms with Crippen molar-refractivity contribution in [1.82, 2.24) is 10.3 Å². The minimum absolute atomic E-state index is 0.311. The molecule has 0 unspecified atom stereocenters. The van der Waals surface area contributed by atoms with Gasteiger partial charge in [-0.3, -0.25) is 4.72 Å². The molecule has 0 amide bonds. The van der Waals surface area contributed by atoms with Gasteiger partial charge < -0.3 is 15.0 Å². The van der Waals surface area contributed by atoms with Crippen molar-refractivity contribution in [3.8, 4) is 5.75 Å². The number of aromatic nitrogens is 1. The maximum Gasteiger partial charge on any atom is 0.271 e. The monoisotopic (exact) mass is 491 g/mol. The molecule has 0 spiro atoms. The van der Waals surface area contributed by atoms with E-state index < -0.39 is 10.0 Å². The number of H-pyrrole nitrogens is 1. The summed E-state index contributed by atoms with van der Waals surface area (Å²) >= 11 is 1.28. The van der Waals surface area contributed by atoms with Crippen LogP contribution >= 0.6 is 11.3 Å². The number of hydrogen-bond donors (Lipinski definition) is 3. The van der Waals surface area contributed by atoms with Crippen molar-refractivity contribution in [2.75, 3.05) is 17.9 Å². The number of nitrogens with one attached hydrogen (secondary N) is 3. The molecule has 3 aromatic carbocycles. The van der Waals surface area contributed by atoms with Crippen LogP contribution < -0.4 is 14.8 Å². The van der Waals surface area contributed by atoms with Gasteiger partial charge in [0.1, 0.15) is 16.6 Å². The van der Waals surface area contributed by atoms with E-state index in [1.165, 1.54) is 11.3 Å². The van der Waals surface area contributed by atoms with Crippen molar-refractivity contribution < 1.29 is 13.2 Å². The molecule has 0 saturated carbocycles. The molecule has 3 N–H and O–H groups in total. The molecule has 0 aliphatic heterocycles. The van der Waals surface area contributed by atoms with Crippen LogP contribution in [0.3, 0.4) is 0 Å². The lowest BCUT2D eigenvalue weighted by Crippen LogP contribution is -2.20. The van der Waals surface area contributed by atoms with E-state index in [0.29, 0.717) is 29.6 Å². The number of sulfonamides is 1. The van der Waals surface area contributed by atoms with Crippen LogP contribution in [0.15, 0.2) is 83.2 Å². The quantitative estimate of drug-likeness (QED) is 0.232. The number of aromatic amines is 1. The van der Waals surface area contributed by atoms with Crippen LogP contribution in [-0.2, 0) is 16.6 Å².